The van der Waals surface area contributed by atoms with Crippen molar-refractivity contribution in [3.63, 3.8) is 0 Å². The molecule has 0 aromatic rings. The molecule has 0 aromatic carbocycles. The monoisotopic (exact) mass is 251 g/mol. The van der Waals surface area contributed by atoms with Crippen LogP contribution in [0.25, 0.3) is 0 Å². The number of hydrogen-bond donors (Lipinski definition) is 2. The number of nitrogens with one attached hydrogen (secondary N) is 1. The van der Waals surface area contributed by atoms with E-state index in [4.69, 9.17) is 0 Å². The Bertz CT molecular complexity index is 322. The zero-order chi connectivity index (χ0) is 13.0. The van der Waals surface area contributed by atoms with E-state index in [1.54, 1.807) is 0 Å². The van der Waals surface area contributed by atoms with Gasteiger partial charge in [-0.3, -0.25) is 0 Å². The fourth-order valence-electron chi connectivity index (χ4n) is 5.27. The van der Waals surface area contributed by atoms with Gasteiger partial charge in [0.1, 0.15) is 0 Å². The summed E-state index contributed by atoms with van der Waals surface area (Å²) in [4.78, 5) is 0. The van der Waals surface area contributed by atoms with Crippen molar-refractivity contribution in [2.24, 2.45) is 16.7 Å². The Morgan fingerprint density at radius 3 is 2.50 bits per heavy atom. The highest BCUT2D eigenvalue weighted by molar-refractivity contribution is 5.12. The summed E-state index contributed by atoms with van der Waals surface area (Å²) in [6, 6.07) is 1.20. The Morgan fingerprint density at radius 2 is 1.89 bits per heavy atom. The summed E-state index contributed by atoms with van der Waals surface area (Å²) in [7, 11) is 0. The number of aliphatic hydroxyl groups excluding tert-OH is 1. The van der Waals surface area contributed by atoms with Gasteiger partial charge in [0.25, 0.3) is 0 Å². The molecule has 5 atom stereocenters. The van der Waals surface area contributed by atoms with Crippen LogP contribution >= 0.6 is 0 Å². The predicted molar refractivity (Wildman–Crippen MR) is 74.4 cm³/mol. The summed E-state index contributed by atoms with van der Waals surface area (Å²) in [6.45, 7) is 7.40. The molecule has 0 spiro atoms. The van der Waals surface area contributed by atoms with Crippen LogP contribution in [0.4, 0.5) is 0 Å². The second-order valence-corrected chi connectivity index (χ2v) is 8.03. The molecule has 0 heterocycles. The Hall–Kier alpha value is -0.0800. The number of rotatable bonds is 2. The van der Waals surface area contributed by atoms with E-state index in [1.807, 2.05) is 0 Å². The third-order valence-electron chi connectivity index (χ3n) is 6.32. The summed E-state index contributed by atoms with van der Waals surface area (Å²) in [6.07, 6.45) is 8.58. The minimum absolute atomic E-state index is 0.0641. The largest absolute Gasteiger partial charge is 0.393 e. The van der Waals surface area contributed by atoms with Crippen molar-refractivity contribution in [1.82, 2.24) is 5.32 Å². The van der Waals surface area contributed by atoms with E-state index >= 15 is 0 Å². The van der Waals surface area contributed by atoms with Crippen molar-refractivity contribution in [2.45, 2.75) is 83.9 Å². The maximum Gasteiger partial charge on any atom is 0.0555 e. The van der Waals surface area contributed by atoms with Crippen molar-refractivity contribution < 1.29 is 5.11 Å². The van der Waals surface area contributed by atoms with Gasteiger partial charge in [-0.1, -0.05) is 20.8 Å². The molecule has 0 aliphatic heterocycles. The van der Waals surface area contributed by atoms with Crippen LogP contribution in [0, 0.1) is 16.7 Å². The summed E-state index contributed by atoms with van der Waals surface area (Å²) in [5.41, 5.74) is 0.950. The molecule has 104 valence electrons. The first-order valence-corrected chi connectivity index (χ1v) is 7.86. The van der Waals surface area contributed by atoms with E-state index in [-0.39, 0.29) is 6.10 Å². The lowest BCUT2D eigenvalue weighted by Gasteiger charge is -2.46. The quantitative estimate of drug-likeness (QED) is 0.790. The van der Waals surface area contributed by atoms with Gasteiger partial charge in [-0.15, -0.1) is 0 Å². The topological polar surface area (TPSA) is 32.3 Å². The Morgan fingerprint density at radius 1 is 1.11 bits per heavy atom. The maximum absolute atomic E-state index is 9.84. The first-order valence-electron chi connectivity index (χ1n) is 7.86. The second kappa shape index (κ2) is 4.21. The lowest BCUT2D eigenvalue weighted by Crippen LogP contribution is -2.54. The highest BCUT2D eigenvalue weighted by Gasteiger charge is 2.59. The SMILES string of the molecule is CC12CCC(C1)C(C)(C)C2NC1CCCC(O)C1. The molecule has 2 heteroatoms. The van der Waals surface area contributed by atoms with Crippen LogP contribution in [-0.2, 0) is 0 Å². The molecule has 3 rings (SSSR count). The standard InChI is InChI=1S/C16H29NO/c1-15(2)11-7-8-16(3,10-11)14(15)17-12-5-4-6-13(18)9-12/h11-14,17-18H,4-10H2,1-3H3. The molecule has 5 unspecified atom stereocenters. The number of aliphatic hydroxyl groups is 1. The zero-order valence-electron chi connectivity index (χ0n) is 12.2. The van der Waals surface area contributed by atoms with E-state index in [0.717, 1.165) is 18.8 Å². The molecule has 18 heavy (non-hydrogen) atoms. The third-order valence-corrected chi connectivity index (χ3v) is 6.32. The van der Waals surface area contributed by atoms with Crippen molar-refractivity contribution in [3.05, 3.63) is 0 Å². The van der Waals surface area contributed by atoms with Crippen LogP contribution in [0.15, 0.2) is 0 Å². The molecule has 3 aliphatic carbocycles. The van der Waals surface area contributed by atoms with Gasteiger partial charge in [-0.05, 0) is 61.7 Å². The van der Waals surface area contributed by atoms with Gasteiger partial charge in [0.15, 0.2) is 0 Å². The van der Waals surface area contributed by atoms with Crippen LogP contribution in [0.1, 0.15) is 65.7 Å². The van der Waals surface area contributed by atoms with E-state index in [1.165, 1.54) is 32.1 Å². The summed E-state index contributed by atoms with van der Waals surface area (Å²) in [5, 5.41) is 13.8. The van der Waals surface area contributed by atoms with Crippen LogP contribution in [0.5, 0.6) is 0 Å². The van der Waals surface area contributed by atoms with Gasteiger partial charge < -0.3 is 10.4 Å². The van der Waals surface area contributed by atoms with Gasteiger partial charge in [0, 0.05) is 12.1 Å². The highest BCUT2D eigenvalue weighted by Crippen LogP contribution is 2.62. The van der Waals surface area contributed by atoms with Crippen molar-refractivity contribution in [2.75, 3.05) is 0 Å². The summed E-state index contributed by atoms with van der Waals surface area (Å²) < 4.78 is 0. The molecule has 3 saturated carbocycles. The molecule has 0 aromatic heterocycles. The van der Waals surface area contributed by atoms with E-state index < -0.39 is 0 Å². The van der Waals surface area contributed by atoms with Gasteiger partial charge >= 0.3 is 0 Å². The Labute approximate surface area is 112 Å². The van der Waals surface area contributed by atoms with E-state index in [9.17, 15) is 5.11 Å². The molecule has 2 nitrogen and oxygen atoms in total. The molecular weight excluding hydrogens is 222 g/mol. The Balaban J connectivity index is 1.71. The number of fused-ring (bicyclic) bond motifs is 2. The number of hydrogen-bond acceptors (Lipinski definition) is 2. The van der Waals surface area contributed by atoms with Gasteiger partial charge in [-0.25, -0.2) is 0 Å². The molecule has 2 N–H and O–H groups in total. The fourth-order valence-corrected chi connectivity index (χ4v) is 5.27. The summed E-state index contributed by atoms with van der Waals surface area (Å²) in [5.74, 6) is 0.911. The first kappa shape index (κ1) is 12.9. The minimum Gasteiger partial charge on any atom is -0.393 e. The molecule has 0 saturated heterocycles. The van der Waals surface area contributed by atoms with Crippen molar-refractivity contribution >= 4 is 0 Å². The van der Waals surface area contributed by atoms with Crippen LogP contribution in [0.3, 0.4) is 0 Å². The van der Waals surface area contributed by atoms with Gasteiger partial charge in [0.2, 0.25) is 0 Å². The predicted octanol–water partition coefficient (Wildman–Crippen LogP) is 3.09. The lowest BCUT2D eigenvalue weighted by molar-refractivity contribution is 0.0648. The van der Waals surface area contributed by atoms with Crippen LogP contribution in [-0.4, -0.2) is 23.3 Å². The van der Waals surface area contributed by atoms with Gasteiger partial charge in [0.05, 0.1) is 6.10 Å². The molecule has 0 radical (unpaired) electrons. The summed E-state index contributed by atoms with van der Waals surface area (Å²) >= 11 is 0. The fraction of sp³-hybridized carbons (Fsp3) is 1.00. The molecular formula is C16H29NO. The third kappa shape index (κ3) is 1.92. The average Bonchev–Trinajstić information content (AvgIpc) is 2.76. The Kier molecular flexibility index (Phi) is 3.02. The van der Waals surface area contributed by atoms with Crippen molar-refractivity contribution in [3.8, 4) is 0 Å². The maximum atomic E-state index is 9.84. The molecule has 0 amide bonds. The lowest BCUT2D eigenvalue weighted by atomic mass is 9.68. The second-order valence-electron chi connectivity index (χ2n) is 8.03. The normalized spacial score (nSPS) is 50.7. The average molecular weight is 251 g/mol. The zero-order valence-corrected chi connectivity index (χ0v) is 12.2. The van der Waals surface area contributed by atoms with E-state index in [2.05, 4.69) is 26.1 Å². The molecule has 2 bridgehead atoms. The van der Waals surface area contributed by atoms with Crippen molar-refractivity contribution in [1.29, 1.82) is 0 Å². The molecule has 3 fully saturated rings. The smallest absolute Gasteiger partial charge is 0.0555 e. The minimum atomic E-state index is -0.0641. The first-order chi connectivity index (χ1) is 8.42. The molecule has 3 aliphatic rings. The highest BCUT2D eigenvalue weighted by atomic mass is 16.3. The van der Waals surface area contributed by atoms with Crippen LogP contribution < -0.4 is 5.32 Å². The van der Waals surface area contributed by atoms with E-state index in [0.29, 0.717) is 22.9 Å². The van der Waals surface area contributed by atoms with Crippen LogP contribution in [0.2, 0.25) is 0 Å². The van der Waals surface area contributed by atoms with Gasteiger partial charge in [-0.2, -0.15) is 0 Å².